The molecule has 1 aromatic carbocycles. The fourth-order valence-corrected chi connectivity index (χ4v) is 3.88. The van der Waals surface area contributed by atoms with Crippen molar-refractivity contribution >= 4 is 21.7 Å². The van der Waals surface area contributed by atoms with E-state index in [1.54, 1.807) is 11.0 Å². The highest BCUT2D eigenvalue weighted by Gasteiger charge is 2.38. The predicted octanol–water partition coefficient (Wildman–Crippen LogP) is 1.57. The van der Waals surface area contributed by atoms with Gasteiger partial charge in [0.05, 0.1) is 4.90 Å². The van der Waals surface area contributed by atoms with Gasteiger partial charge in [-0.3, -0.25) is 9.59 Å². The molecule has 1 amide bonds. The van der Waals surface area contributed by atoms with Crippen LogP contribution < -0.4 is 4.72 Å². The maximum Gasteiger partial charge on any atom is 0.240 e. The van der Waals surface area contributed by atoms with E-state index in [9.17, 15) is 18.0 Å². The summed E-state index contributed by atoms with van der Waals surface area (Å²) in [5.41, 5.74) is -0.00192. The van der Waals surface area contributed by atoms with Gasteiger partial charge in [-0.1, -0.05) is 12.1 Å². The number of nitrogens with zero attached hydrogens (tertiary/aromatic N) is 1. The van der Waals surface area contributed by atoms with Gasteiger partial charge in [0.15, 0.2) is 5.78 Å². The molecule has 126 valence electrons. The summed E-state index contributed by atoms with van der Waals surface area (Å²) in [4.78, 5) is 25.1. The van der Waals surface area contributed by atoms with Crippen molar-refractivity contribution in [1.29, 1.82) is 0 Å². The Morgan fingerprint density at radius 3 is 2.48 bits per heavy atom. The Morgan fingerprint density at radius 1 is 1.30 bits per heavy atom. The molecule has 1 aliphatic rings. The van der Waals surface area contributed by atoms with Crippen LogP contribution in [0, 0.1) is 0 Å². The molecule has 0 aromatic heterocycles. The van der Waals surface area contributed by atoms with Crippen molar-refractivity contribution in [3.63, 3.8) is 0 Å². The number of rotatable bonds is 4. The van der Waals surface area contributed by atoms with Gasteiger partial charge in [0.25, 0.3) is 0 Å². The lowest BCUT2D eigenvalue weighted by atomic mass is 10.1. The van der Waals surface area contributed by atoms with E-state index < -0.39 is 16.1 Å². The Bertz CT molecular complexity index is 735. The maximum atomic E-state index is 12.5. The highest BCUT2D eigenvalue weighted by Crippen LogP contribution is 2.23. The number of nitrogens with one attached hydrogen (secondary N) is 1. The van der Waals surface area contributed by atoms with Gasteiger partial charge in [-0.25, -0.2) is 13.1 Å². The van der Waals surface area contributed by atoms with Crippen molar-refractivity contribution in [2.45, 2.75) is 50.6 Å². The highest BCUT2D eigenvalue weighted by molar-refractivity contribution is 7.89. The molecule has 1 fully saturated rings. The summed E-state index contributed by atoms with van der Waals surface area (Å²) >= 11 is 0. The lowest BCUT2D eigenvalue weighted by Gasteiger charge is -2.32. The van der Waals surface area contributed by atoms with Crippen LogP contribution in [0.5, 0.6) is 0 Å². The van der Waals surface area contributed by atoms with Crippen LogP contribution in [-0.4, -0.2) is 43.1 Å². The molecule has 0 saturated carbocycles. The second kappa shape index (κ2) is 6.05. The first-order valence-electron chi connectivity index (χ1n) is 7.44. The molecule has 1 aliphatic heterocycles. The molecule has 0 aliphatic carbocycles. The third kappa shape index (κ3) is 3.97. The molecule has 1 unspecified atom stereocenters. The van der Waals surface area contributed by atoms with Crippen molar-refractivity contribution in [3.05, 3.63) is 29.8 Å². The molecule has 23 heavy (non-hydrogen) atoms. The van der Waals surface area contributed by atoms with E-state index >= 15 is 0 Å². The normalized spacial score (nSPS) is 19.2. The van der Waals surface area contributed by atoms with E-state index in [-0.39, 0.29) is 28.5 Å². The number of sulfonamides is 1. The Balaban J connectivity index is 2.18. The lowest BCUT2D eigenvalue weighted by molar-refractivity contribution is -0.131. The number of hydrogen-bond acceptors (Lipinski definition) is 4. The predicted molar refractivity (Wildman–Crippen MR) is 86.6 cm³/mol. The standard InChI is InChI=1S/C16H22N2O4S/c1-11(19)12-6-5-7-14(8-12)23(21,22)17-13-9-15(20)18(10-13)16(2,3)4/h5-8,13,17H,9-10H2,1-4H3. The molecule has 6 nitrogen and oxygen atoms in total. The van der Waals surface area contributed by atoms with Crippen LogP contribution in [0.2, 0.25) is 0 Å². The third-order valence-electron chi connectivity index (χ3n) is 3.81. The van der Waals surface area contributed by atoms with E-state index in [1.807, 2.05) is 20.8 Å². The minimum atomic E-state index is -3.77. The minimum absolute atomic E-state index is 0.0341. The molecule has 1 N–H and O–H groups in total. The Kier molecular flexibility index (Phi) is 4.64. The van der Waals surface area contributed by atoms with Crippen LogP contribution in [0.15, 0.2) is 29.2 Å². The zero-order valence-corrected chi connectivity index (χ0v) is 14.6. The summed E-state index contributed by atoms with van der Waals surface area (Å²) in [6, 6.07) is 5.43. The number of amides is 1. The zero-order valence-electron chi connectivity index (χ0n) is 13.8. The first-order valence-corrected chi connectivity index (χ1v) is 8.93. The third-order valence-corrected chi connectivity index (χ3v) is 5.33. The van der Waals surface area contributed by atoms with Crippen LogP contribution in [-0.2, 0) is 14.8 Å². The smallest absolute Gasteiger partial charge is 0.240 e. The van der Waals surface area contributed by atoms with Gasteiger partial charge in [-0.15, -0.1) is 0 Å². The summed E-state index contributed by atoms with van der Waals surface area (Å²) in [7, 11) is -3.77. The van der Waals surface area contributed by atoms with Crippen molar-refractivity contribution in [2.24, 2.45) is 0 Å². The van der Waals surface area contributed by atoms with Crippen molar-refractivity contribution in [1.82, 2.24) is 9.62 Å². The van der Waals surface area contributed by atoms with E-state index in [2.05, 4.69) is 4.72 Å². The highest BCUT2D eigenvalue weighted by atomic mass is 32.2. The minimum Gasteiger partial charge on any atom is -0.336 e. The number of ketones is 1. The van der Waals surface area contributed by atoms with Crippen LogP contribution in [0.1, 0.15) is 44.5 Å². The summed E-state index contributed by atoms with van der Waals surface area (Å²) in [5, 5.41) is 0. The molecule has 2 rings (SSSR count). The first kappa shape index (κ1) is 17.6. The molecule has 1 saturated heterocycles. The topological polar surface area (TPSA) is 83.5 Å². The maximum absolute atomic E-state index is 12.5. The second-order valence-corrected chi connectivity index (χ2v) is 8.50. The molecular formula is C16H22N2O4S. The number of benzene rings is 1. The van der Waals surface area contributed by atoms with Gasteiger partial charge in [-0.05, 0) is 39.8 Å². The quantitative estimate of drug-likeness (QED) is 0.845. The van der Waals surface area contributed by atoms with Crippen LogP contribution >= 0.6 is 0 Å². The van der Waals surface area contributed by atoms with Crippen LogP contribution in [0.4, 0.5) is 0 Å². The van der Waals surface area contributed by atoms with Crippen molar-refractivity contribution < 1.29 is 18.0 Å². The van der Waals surface area contributed by atoms with Crippen LogP contribution in [0.25, 0.3) is 0 Å². The van der Waals surface area contributed by atoms with Gasteiger partial charge in [0, 0.05) is 30.1 Å². The second-order valence-electron chi connectivity index (χ2n) is 6.78. The van der Waals surface area contributed by atoms with E-state index in [0.717, 1.165) is 0 Å². The van der Waals surface area contributed by atoms with Crippen molar-refractivity contribution in [2.75, 3.05) is 6.54 Å². The van der Waals surface area contributed by atoms with Gasteiger partial charge in [-0.2, -0.15) is 0 Å². The van der Waals surface area contributed by atoms with Crippen molar-refractivity contribution in [3.8, 4) is 0 Å². The Hall–Kier alpha value is -1.73. The first-order chi connectivity index (χ1) is 10.5. The number of Topliss-reactive ketones (excluding diaryl/α,β-unsaturated/α-hetero) is 1. The van der Waals surface area contributed by atoms with Gasteiger partial charge < -0.3 is 4.90 Å². The van der Waals surface area contributed by atoms with Gasteiger partial charge in [0.1, 0.15) is 0 Å². The van der Waals surface area contributed by atoms with E-state index in [1.165, 1.54) is 25.1 Å². The molecule has 1 atom stereocenters. The zero-order chi connectivity index (χ0) is 17.4. The average molecular weight is 338 g/mol. The molecule has 0 spiro atoms. The van der Waals surface area contributed by atoms with Crippen LogP contribution in [0.3, 0.4) is 0 Å². The number of carbonyl (C=O) groups excluding carboxylic acids is 2. The number of likely N-dealkylation sites (tertiary alicyclic amines) is 1. The number of hydrogen-bond donors (Lipinski definition) is 1. The Labute approximate surface area is 136 Å². The fourth-order valence-electron chi connectivity index (χ4n) is 2.60. The fraction of sp³-hybridized carbons (Fsp3) is 0.500. The summed E-state index contributed by atoms with van der Waals surface area (Å²) in [5.74, 6) is -0.264. The molecule has 7 heteroatoms. The van der Waals surface area contributed by atoms with E-state index in [0.29, 0.717) is 12.1 Å². The average Bonchev–Trinajstić information content (AvgIpc) is 2.79. The summed E-state index contributed by atoms with van der Waals surface area (Å²) < 4.78 is 27.5. The molecule has 1 aromatic rings. The largest absolute Gasteiger partial charge is 0.336 e. The van der Waals surface area contributed by atoms with E-state index in [4.69, 9.17) is 0 Å². The monoisotopic (exact) mass is 338 g/mol. The number of carbonyl (C=O) groups is 2. The summed E-state index contributed by atoms with van der Waals surface area (Å²) in [6.45, 7) is 7.47. The lowest BCUT2D eigenvalue weighted by Crippen LogP contribution is -2.44. The molecule has 0 bridgehead atoms. The SMILES string of the molecule is CC(=O)c1cccc(S(=O)(=O)NC2CC(=O)N(C(C)(C)C)C2)c1. The van der Waals surface area contributed by atoms with Gasteiger partial charge in [0.2, 0.25) is 15.9 Å². The Morgan fingerprint density at radius 2 is 1.96 bits per heavy atom. The summed E-state index contributed by atoms with van der Waals surface area (Å²) in [6.07, 6.45) is 0.142. The molecule has 1 heterocycles. The molecular weight excluding hydrogens is 316 g/mol. The molecule has 0 radical (unpaired) electrons. The van der Waals surface area contributed by atoms with Gasteiger partial charge >= 0.3 is 0 Å².